The first-order chi connectivity index (χ1) is 20.2. The number of aromatic nitrogens is 2. The zero-order chi connectivity index (χ0) is 29.4. The summed E-state index contributed by atoms with van der Waals surface area (Å²) in [6.07, 6.45) is 1.53. The van der Waals surface area contributed by atoms with E-state index in [2.05, 4.69) is 20.8 Å². The van der Waals surface area contributed by atoms with Crippen LogP contribution in [0.25, 0.3) is 0 Å². The number of carbonyl (C=O) groups is 2. The molecule has 3 aliphatic heterocycles. The fraction of sp³-hybridized carbons (Fsp3) is 0.414. The summed E-state index contributed by atoms with van der Waals surface area (Å²) in [6.45, 7) is 3.90. The third-order valence-corrected chi connectivity index (χ3v) is 9.70. The quantitative estimate of drug-likeness (QED) is 0.406. The molecule has 13 heteroatoms. The Morgan fingerprint density at radius 1 is 1.05 bits per heavy atom. The normalized spacial score (nSPS) is 21.5. The van der Waals surface area contributed by atoms with Crippen molar-refractivity contribution in [3.8, 4) is 17.2 Å². The number of fused-ring (bicyclic) bond motifs is 7. The fourth-order valence-corrected chi connectivity index (χ4v) is 6.93. The number of rotatable bonds is 5. The maximum absolute atomic E-state index is 13.7. The lowest BCUT2D eigenvalue weighted by molar-refractivity contribution is -0.123. The predicted molar refractivity (Wildman–Crippen MR) is 151 cm³/mol. The third kappa shape index (κ3) is 6.07. The monoisotopic (exact) mass is 595 g/mol. The van der Waals surface area contributed by atoms with E-state index in [0.29, 0.717) is 47.7 Å². The van der Waals surface area contributed by atoms with E-state index in [-0.39, 0.29) is 36.1 Å². The molecule has 4 heterocycles. The number of aryl methyl sites for hydroxylation is 2. The fourth-order valence-electron chi connectivity index (χ4n) is 5.12. The molecule has 1 aromatic heterocycles. The van der Waals surface area contributed by atoms with Crippen LogP contribution in [0.1, 0.15) is 40.2 Å². The Kier molecular flexibility index (Phi) is 7.54. The van der Waals surface area contributed by atoms with E-state index >= 15 is 0 Å². The summed E-state index contributed by atoms with van der Waals surface area (Å²) in [5, 5.41) is 12.6. The van der Waals surface area contributed by atoms with E-state index < -0.39 is 28.1 Å². The lowest BCUT2D eigenvalue weighted by atomic mass is 10.1. The van der Waals surface area contributed by atoms with Crippen molar-refractivity contribution in [3.05, 3.63) is 65.0 Å². The summed E-state index contributed by atoms with van der Waals surface area (Å²) in [5.41, 5.74) is 1.92. The van der Waals surface area contributed by atoms with Crippen molar-refractivity contribution in [2.45, 2.75) is 50.3 Å². The molecule has 2 atom stereocenters. The lowest BCUT2D eigenvalue weighted by Crippen LogP contribution is -2.45. The van der Waals surface area contributed by atoms with E-state index in [9.17, 15) is 18.0 Å². The largest absolute Gasteiger partial charge is 0.493 e. The van der Waals surface area contributed by atoms with Crippen molar-refractivity contribution >= 4 is 21.8 Å². The van der Waals surface area contributed by atoms with E-state index in [1.807, 2.05) is 12.1 Å². The lowest BCUT2D eigenvalue weighted by Gasteiger charge is -2.21. The SMILES string of the molecule is Cc1n[nH]c(C)c1S(=O)(=O)N1C[C@@H]2NC(=O)c3cc(cc(OCC4CC4)c3)OCC(=O)NCc3ccc(cc3)O[C@H]2C1. The Balaban J connectivity index is 1.32. The molecular formula is C29H33N5O7S. The summed E-state index contributed by atoms with van der Waals surface area (Å²) >= 11 is 0. The number of hydrogen-bond donors (Lipinski definition) is 3. The van der Waals surface area contributed by atoms with Gasteiger partial charge in [-0.1, -0.05) is 12.1 Å². The van der Waals surface area contributed by atoms with E-state index in [1.165, 1.54) is 4.31 Å². The summed E-state index contributed by atoms with van der Waals surface area (Å²) in [4.78, 5) is 26.2. The Labute approximate surface area is 243 Å². The zero-order valence-electron chi connectivity index (χ0n) is 23.4. The first kappa shape index (κ1) is 28.0. The van der Waals surface area contributed by atoms with Crippen LogP contribution in [0.3, 0.4) is 0 Å². The second-order valence-electron chi connectivity index (χ2n) is 11.0. The number of ether oxygens (including phenoxy) is 3. The molecule has 2 amide bonds. The number of amides is 2. The first-order valence-electron chi connectivity index (χ1n) is 13.9. The average Bonchev–Trinajstić information content (AvgIpc) is 3.62. The summed E-state index contributed by atoms with van der Waals surface area (Å²) in [6, 6.07) is 11.3. The molecule has 1 aliphatic carbocycles. The molecule has 0 radical (unpaired) electrons. The number of aromatic amines is 1. The van der Waals surface area contributed by atoms with E-state index in [1.54, 1.807) is 44.2 Å². The second-order valence-corrected chi connectivity index (χ2v) is 12.9. The van der Waals surface area contributed by atoms with Gasteiger partial charge in [-0.25, -0.2) is 8.42 Å². The highest BCUT2D eigenvalue weighted by atomic mass is 32.2. The minimum absolute atomic E-state index is 0.000529. The van der Waals surface area contributed by atoms with Gasteiger partial charge >= 0.3 is 0 Å². The van der Waals surface area contributed by atoms with Crippen molar-refractivity contribution < 1.29 is 32.2 Å². The maximum atomic E-state index is 13.7. The number of H-pyrrole nitrogens is 1. The van der Waals surface area contributed by atoms with Gasteiger partial charge in [0.1, 0.15) is 28.2 Å². The van der Waals surface area contributed by atoms with E-state index in [0.717, 1.165) is 18.4 Å². The molecule has 1 saturated carbocycles. The van der Waals surface area contributed by atoms with Crippen LogP contribution in [-0.2, 0) is 21.4 Å². The molecule has 7 rings (SSSR count). The molecule has 2 fully saturated rings. The van der Waals surface area contributed by atoms with Crippen LogP contribution in [0.15, 0.2) is 47.4 Å². The Morgan fingerprint density at radius 2 is 1.83 bits per heavy atom. The Hall–Kier alpha value is -4.10. The summed E-state index contributed by atoms with van der Waals surface area (Å²) < 4.78 is 46.6. The second kappa shape index (κ2) is 11.3. The van der Waals surface area contributed by atoms with Crippen LogP contribution in [-0.4, -0.2) is 73.2 Å². The van der Waals surface area contributed by atoms with Crippen molar-refractivity contribution in [1.82, 2.24) is 25.1 Å². The topological polar surface area (TPSA) is 152 Å². The summed E-state index contributed by atoms with van der Waals surface area (Å²) in [7, 11) is -3.93. The van der Waals surface area contributed by atoms with Gasteiger partial charge in [0.2, 0.25) is 10.0 Å². The maximum Gasteiger partial charge on any atom is 0.258 e. The van der Waals surface area contributed by atoms with Crippen molar-refractivity contribution in [1.29, 1.82) is 0 Å². The van der Waals surface area contributed by atoms with Gasteiger partial charge in [0.15, 0.2) is 6.61 Å². The molecule has 1 saturated heterocycles. The smallest absolute Gasteiger partial charge is 0.258 e. The standard InChI is InChI=1S/C29H33N5O7S/c1-17-28(18(2)33-32-17)42(37,38)34-13-25-26(14-34)41-22-7-5-19(6-8-22)12-30-27(35)16-40-24-10-21(29(36)31-25)9-23(11-24)39-15-20-3-4-20/h5-11,20,25-26H,3-4,12-16H2,1-2H3,(H,30,35)(H,31,36)(H,32,33)/t25-,26-/m0/s1. The molecule has 222 valence electrons. The molecule has 2 aromatic carbocycles. The van der Waals surface area contributed by atoms with Crippen molar-refractivity contribution in [3.63, 3.8) is 0 Å². The molecule has 12 nitrogen and oxygen atoms in total. The van der Waals surface area contributed by atoms with E-state index in [4.69, 9.17) is 14.2 Å². The van der Waals surface area contributed by atoms with Gasteiger partial charge in [0.25, 0.3) is 11.8 Å². The first-order valence-corrected chi connectivity index (χ1v) is 15.4. The van der Waals surface area contributed by atoms with Gasteiger partial charge < -0.3 is 24.8 Å². The molecule has 0 unspecified atom stereocenters. The highest BCUT2D eigenvalue weighted by Gasteiger charge is 2.43. The number of hydrogen-bond acceptors (Lipinski definition) is 8. The van der Waals surface area contributed by atoms with Gasteiger partial charge in [0, 0.05) is 24.7 Å². The van der Waals surface area contributed by atoms with Gasteiger partial charge in [-0.15, -0.1) is 0 Å². The Morgan fingerprint density at radius 3 is 2.55 bits per heavy atom. The van der Waals surface area contributed by atoms with Crippen molar-refractivity contribution in [2.24, 2.45) is 5.92 Å². The van der Waals surface area contributed by atoms with Crippen LogP contribution >= 0.6 is 0 Å². The molecule has 0 spiro atoms. The number of nitrogens with one attached hydrogen (secondary N) is 3. The number of nitrogens with zero attached hydrogens (tertiary/aromatic N) is 2. The van der Waals surface area contributed by atoms with Crippen LogP contribution in [0.2, 0.25) is 0 Å². The molecule has 3 aromatic rings. The highest BCUT2D eigenvalue weighted by Crippen LogP contribution is 2.32. The minimum atomic E-state index is -3.93. The van der Waals surface area contributed by atoms with Crippen LogP contribution in [0, 0.1) is 19.8 Å². The Bertz CT molecular complexity index is 1580. The third-order valence-electron chi connectivity index (χ3n) is 7.60. The zero-order valence-corrected chi connectivity index (χ0v) is 24.2. The van der Waals surface area contributed by atoms with Gasteiger partial charge in [-0.2, -0.15) is 9.40 Å². The number of benzene rings is 2. The van der Waals surface area contributed by atoms with Crippen LogP contribution < -0.4 is 24.8 Å². The van der Waals surface area contributed by atoms with Crippen LogP contribution in [0.4, 0.5) is 0 Å². The molecule has 4 aliphatic rings. The molecule has 4 bridgehead atoms. The minimum Gasteiger partial charge on any atom is -0.493 e. The van der Waals surface area contributed by atoms with Gasteiger partial charge in [-0.3, -0.25) is 14.7 Å². The van der Waals surface area contributed by atoms with Gasteiger partial charge in [0.05, 0.1) is 30.6 Å². The average molecular weight is 596 g/mol. The summed E-state index contributed by atoms with van der Waals surface area (Å²) in [5.74, 6) is 1.00. The number of sulfonamides is 1. The van der Waals surface area contributed by atoms with Crippen molar-refractivity contribution in [2.75, 3.05) is 26.3 Å². The molecule has 42 heavy (non-hydrogen) atoms. The predicted octanol–water partition coefficient (Wildman–Crippen LogP) is 2.07. The van der Waals surface area contributed by atoms with Gasteiger partial charge in [-0.05, 0) is 62.4 Å². The highest BCUT2D eigenvalue weighted by molar-refractivity contribution is 7.89. The molecule has 3 N–H and O–H groups in total. The number of carbonyl (C=O) groups excluding carboxylic acids is 2. The molecular weight excluding hydrogens is 562 g/mol. The van der Waals surface area contributed by atoms with Crippen LogP contribution in [0.5, 0.6) is 17.2 Å².